The summed E-state index contributed by atoms with van der Waals surface area (Å²) in [6.07, 6.45) is 18.1. The maximum Gasteiger partial charge on any atom is 0.196 e. The first-order valence-corrected chi connectivity index (χ1v) is 15.5. The lowest BCUT2D eigenvalue weighted by molar-refractivity contribution is 0.257. The minimum absolute atomic E-state index is 0.137. The largest absolute Gasteiger partial charge is 0.464 e. The Balaban J connectivity index is 1.09. The molecular formula is C38H29N7O. The number of ether oxygens (including phenoxy) is 1. The molecule has 8 heteroatoms. The van der Waals surface area contributed by atoms with Crippen molar-refractivity contribution < 1.29 is 4.74 Å². The van der Waals surface area contributed by atoms with Crippen molar-refractivity contribution in [2.75, 3.05) is 16.8 Å². The van der Waals surface area contributed by atoms with Crippen molar-refractivity contribution in [2.45, 2.75) is 18.2 Å². The van der Waals surface area contributed by atoms with E-state index in [1.165, 1.54) is 5.56 Å². The third kappa shape index (κ3) is 4.45. The summed E-state index contributed by atoms with van der Waals surface area (Å²) in [5.41, 5.74) is 8.37. The molecular weight excluding hydrogens is 570 g/mol. The Morgan fingerprint density at radius 1 is 0.761 bits per heavy atom. The first kappa shape index (κ1) is 26.4. The fourth-order valence-electron chi connectivity index (χ4n) is 6.67. The summed E-state index contributed by atoms with van der Waals surface area (Å²) in [6, 6.07) is 27.2. The van der Waals surface area contributed by atoms with Crippen LogP contribution in [0.25, 0.3) is 28.3 Å². The molecule has 3 unspecified atom stereocenters. The maximum absolute atomic E-state index is 6.62. The lowest BCUT2D eigenvalue weighted by Crippen LogP contribution is -2.28. The Morgan fingerprint density at radius 2 is 1.52 bits per heavy atom. The topological polar surface area (TPSA) is 88.1 Å². The first-order chi connectivity index (χ1) is 22.8. The molecule has 3 atom stereocenters. The molecule has 0 saturated carbocycles. The number of benzene rings is 3. The Hall–Kier alpha value is -6.02. The van der Waals surface area contributed by atoms with Crippen molar-refractivity contribution in [1.82, 2.24) is 25.3 Å². The predicted molar refractivity (Wildman–Crippen MR) is 180 cm³/mol. The molecule has 9 rings (SSSR count). The summed E-state index contributed by atoms with van der Waals surface area (Å²) in [6.45, 7) is 0.729. The van der Waals surface area contributed by atoms with Gasteiger partial charge < -0.3 is 20.3 Å². The van der Waals surface area contributed by atoms with Crippen LogP contribution in [0.15, 0.2) is 134 Å². The van der Waals surface area contributed by atoms with E-state index in [1.54, 1.807) is 12.4 Å². The van der Waals surface area contributed by atoms with Crippen molar-refractivity contribution in [1.29, 1.82) is 0 Å². The van der Waals surface area contributed by atoms with Crippen molar-refractivity contribution in [3.05, 3.63) is 151 Å². The highest BCUT2D eigenvalue weighted by molar-refractivity contribution is 5.83. The van der Waals surface area contributed by atoms with E-state index < -0.39 is 0 Å². The number of hydrogen-bond donors (Lipinski definition) is 2. The van der Waals surface area contributed by atoms with Crippen LogP contribution < -0.4 is 20.3 Å². The van der Waals surface area contributed by atoms with E-state index in [0.29, 0.717) is 17.5 Å². The molecule has 5 aromatic rings. The van der Waals surface area contributed by atoms with Gasteiger partial charge in [-0.15, -0.1) is 0 Å². The molecule has 1 aliphatic carbocycles. The second kappa shape index (κ2) is 10.9. The molecule has 4 aliphatic rings. The lowest BCUT2D eigenvalue weighted by Gasteiger charge is -2.28. The van der Waals surface area contributed by atoms with E-state index in [0.717, 1.165) is 51.6 Å². The van der Waals surface area contributed by atoms with Crippen LogP contribution in [-0.4, -0.2) is 32.5 Å². The lowest BCUT2D eigenvalue weighted by atomic mass is 9.90. The Bertz CT molecular complexity index is 2070. The van der Waals surface area contributed by atoms with Gasteiger partial charge in [0.2, 0.25) is 0 Å². The molecule has 0 bridgehead atoms. The number of pyridine rings is 1. The van der Waals surface area contributed by atoms with E-state index >= 15 is 0 Å². The Kier molecular flexibility index (Phi) is 6.23. The summed E-state index contributed by atoms with van der Waals surface area (Å²) < 4.78 is 6.62. The van der Waals surface area contributed by atoms with Crippen LogP contribution in [0.3, 0.4) is 0 Å². The van der Waals surface area contributed by atoms with Gasteiger partial charge in [-0.3, -0.25) is 4.98 Å². The number of allylic oxidation sites excluding steroid dienone is 4. The van der Waals surface area contributed by atoms with Crippen molar-refractivity contribution in [3.63, 3.8) is 0 Å². The van der Waals surface area contributed by atoms with Gasteiger partial charge in [0, 0.05) is 64.1 Å². The van der Waals surface area contributed by atoms with Gasteiger partial charge in [-0.25, -0.2) is 15.0 Å². The smallest absolute Gasteiger partial charge is 0.196 e. The number of hydrogen-bond acceptors (Lipinski definition) is 8. The van der Waals surface area contributed by atoms with Crippen LogP contribution in [0, 0.1) is 0 Å². The molecule has 0 radical (unpaired) electrons. The molecule has 222 valence electrons. The van der Waals surface area contributed by atoms with Crippen LogP contribution in [0.5, 0.6) is 5.75 Å². The minimum Gasteiger partial charge on any atom is -0.464 e. The second-order valence-electron chi connectivity index (χ2n) is 11.6. The summed E-state index contributed by atoms with van der Waals surface area (Å²) in [4.78, 5) is 21.2. The Labute approximate surface area is 266 Å². The molecule has 0 fully saturated rings. The number of rotatable bonds is 5. The zero-order valence-corrected chi connectivity index (χ0v) is 24.8. The molecule has 3 aromatic carbocycles. The predicted octanol–water partition coefficient (Wildman–Crippen LogP) is 7.33. The molecule has 3 aliphatic heterocycles. The summed E-state index contributed by atoms with van der Waals surface area (Å²) in [5.74, 6) is 2.99. The van der Waals surface area contributed by atoms with Gasteiger partial charge in [0.1, 0.15) is 0 Å². The van der Waals surface area contributed by atoms with Crippen LogP contribution >= 0.6 is 0 Å². The molecule has 0 spiro atoms. The van der Waals surface area contributed by atoms with Gasteiger partial charge in [-0.05, 0) is 60.8 Å². The second-order valence-corrected chi connectivity index (χ2v) is 11.6. The van der Waals surface area contributed by atoms with E-state index in [4.69, 9.17) is 19.7 Å². The summed E-state index contributed by atoms with van der Waals surface area (Å²) in [7, 11) is 0. The average Bonchev–Trinajstić information content (AvgIpc) is 3.72. The maximum atomic E-state index is 6.62. The van der Waals surface area contributed by atoms with Gasteiger partial charge in [-0.1, -0.05) is 60.7 Å². The zero-order valence-electron chi connectivity index (χ0n) is 24.8. The SMILES string of the molecule is C1=CC2c3c(ccc4c3OC(c3ccccc3)N4)N(c3ccc(-c4nc(C5=CCNC=C5)nc(-c5ccncc5)n4)cc3)C2C=C1. The standard InChI is InChI=1S/C38H29N7O/c1-2-6-27(7-3-1)38-41-30-14-15-32-33(34(30)46-38)29-8-4-5-9-31(29)45(32)28-12-10-24(11-13-28)35-42-36(25-16-20-39-21-17-25)44-37(43-35)26-18-22-40-23-19-26/h1-22,29,31,38,40-41H,23H2. The monoisotopic (exact) mass is 599 g/mol. The van der Waals surface area contributed by atoms with E-state index in [-0.39, 0.29) is 18.2 Å². The fourth-order valence-corrected chi connectivity index (χ4v) is 6.67. The molecule has 46 heavy (non-hydrogen) atoms. The molecule has 0 amide bonds. The van der Waals surface area contributed by atoms with E-state index in [1.807, 2.05) is 42.6 Å². The van der Waals surface area contributed by atoms with Crippen molar-refractivity contribution in [3.8, 4) is 28.5 Å². The molecule has 5 heterocycles. The average molecular weight is 600 g/mol. The van der Waals surface area contributed by atoms with E-state index in [9.17, 15) is 0 Å². The number of anilines is 3. The molecule has 8 nitrogen and oxygen atoms in total. The quantitative estimate of drug-likeness (QED) is 0.217. The third-order valence-electron chi connectivity index (χ3n) is 8.85. The third-order valence-corrected chi connectivity index (χ3v) is 8.85. The summed E-state index contributed by atoms with van der Waals surface area (Å²) in [5, 5.41) is 6.78. The fraction of sp³-hybridized carbons (Fsp3) is 0.105. The van der Waals surface area contributed by atoms with Gasteiger partial charge in [0.25, 0.3) is 0 Å². The van der Waals surface area contributed by atoms with Crippen LogP contribution in [0.4, 0.5) is 17.1 Å². The van der Waals surface area contributed by atoms with Crippen LogP contribution in [0.2, 0.25) is 0 Å². The zero-order chi connectivity index (χ0) is 30.5. The molecule has 0 saturated heterocycles. The summed E-state index contributed by atoms with van der Waals surface area (Å²) >= 11 is 0. The van der Waals surface area contributed by atoms with E-state index in [2.05, 4.69) is 99.4 Å². The minimum atomic E-state index is -0.212. The highest BCUT2D eigenvalue weighted by Gasteiger charge is 2.42. The number of nitrogens with zero attached hydrogens (tertiary/aromatic N) is 5. The highest BCUT2D eigenvalue weighted by Crippen LogP contribution is 2.56. The van der Waals surface area contributed by atoms with Crippen molar-refractivity contribution >= 4 is 22.6 Å². The normalized spacial score (nSPS) is 20.2. The van der Waals surface area contributed by atoms with Gasteiger partial charge in [0.15, 0.2) is 29.5 Å². The number of dihydropyridines is 1. The molecule has 2 N–H and O–H groups in total. The van der Waals surface area contributed by atoms with Gasteiger partial charge in [-0.2, -0.15) is 0 Å². The highest BCUT2D eigenvalue weighted by atomic mass is 16.5. The number of aromatic nitrogens is 4. The van der Waals surface area contributed by atoms with Gasteiger partial charge in [0.05, 0.1) is 11.7 Å². The number of nitrogens with one attached hydrogen (secondary N) is 2. The van der Waals surface area contributed by atoms with Crippen LogP contribution in [0.1, 0.15) is 29.1 Å². The first-order valence-electron chi connectivity index (χ1n) is 15.5. The van der Waals surface area contributed by atoms with Crippen LogP contribution in [-0.2, 0) is 0 Å². The molecule has 2 aromatic heterocycles. The number of fused-ring (bicyclic) bond motifs is 5. The Morgan fingerprint density at radius 3 is 2.30 bits per heavy atom. The van der Waals surface area contributed by atoms with Crippen molar-refractivity contribution in [2.24, 2.45) is 0 Å². The van der Waals surface area contributed by atoms with Gasteiger partial charge >= 0.3 is 0 Å².